The molecule has 1 aliphatic heterocycles. The molecule has 1 aliphatic rings. The minimum Gasteiger partial charge on any atom is -0.414 e. The number of fused-ring (bicyclic) bond motifs is 1. The predicted octanol–water partition coefficient (Wildman–Crippen LogP) is 7.11. The lowest BCUT2D eigenvalue weighted by Gasteiger charge is -2.44. The largest absolute Gasteiger partial charge is 0.414 e. The van der Waals surface area contributed by atoms with E-state index < -0.39 is 31.2 Å². The minimum absolute atomic E-state index is 0.00158. The Morgan fingerprint density at radius 3 is 1.77 bits per heavy atom. The number of ether oxygens (including phenoxy) is 1. The van der Waals surface area contributed by atoms with Crippen LogP contribution in [0.15, 0.2) is 12.7 Å². The SMILES string of the molecule is CC(C)(C)[Si](C)(C)OC[C@@H]1O[C@H](n2cnc3c(N)ncnc32)[C@@H](O[Si](C)(C)C(C)(C)C)[C@@H]1O[Si](C)(C)C(C)(C)C. The quantitative estimate of drug-likeness (QED) is 0.316. The zero-order valence-electron chi connectivity index (χ0n) is 27.7. The number of nitrogen functional groups attached to an aromatic ring is 1. The van der Waals surface area contributed by atoms with Crippen LogP contribution in [0.4, 0.5) is 5.82 Å². The first-order valence-corrected chi connectivity index (χ1v) is 23.2. The molecule has 2 N–H and O–H groups in total. The first kappa shape index (κ1) is 33.3. The number of hydrogen-bond acceptors (Lipinski definition) is 8. The summed E-state index contributed by atoms with van der Waals surface area (Å²) in [5.41, 5.74) is 7.34. The lowest BCUT2D eigenvalue weighted by atomic mass is 10.1. The summed E-state index contributed by atoms with van der Waals surface area (Å²) >= 11 is 0. The van der Waals surface area contributed by atoms with Crippen molar-refractivity contribution in [2.24, 2.45) is 0 Å². The van der Waals surface area contributed by atoms with Gasteiger partial charge in [-0.15, -0.1) is 0 Å². The molecule has 3 heterocycles. The second-order valence-corrected chi connectivity index (χ2v) is 30.2. The van der Waals surface area contributed by atoms with Crippen LogP contribution in [0.3, 0.4) is 0 Å². The van der Waals surface area contributed by atoms with Crippen molar-refractivity contribution in [3.63, 3.8) is 0 Å². The van der Waals surface area contributed by atoms with Gasteiger partial charge in [-0.1, -0.05) is 62.3 Å². The number of rotatable bonds is 8. The summed E-state index contributed by atoms with van der Waals surface area (Å²) < 4.78 is 30.1. The molecule has 9 nitrogen and oxygen atoms in total. The minimum atomic E-state index is -2.25. The van der Waals surface area contributed by atoms with Gasteiger partial charge in [0.25, 0.3) is 0 Å². The molecule has 0 unspecified atom stereocenters. The number of nitrogens with zero attached hydrogens (tertiary/aromatic N) is 4. The molecule has 0 bridgehead atoms. The van der Waals surface area contributed by atoms with Crippen molar-refractivity contribution >= 4 is 41.9 Å². The summed E-state index contributed by atoms with van der Waals surface area (Å²) in [5.74, 6) is 0.343. The fourth-order valence-corrected chi connectivity index (χ4v) is 7.55. The van der Waals surface area contributed by atoms with E-state index in [9.17, 15) is 0 Å². The highest BCUT2D eigenvalue weighted by Gasteiger charge is 2.55. The van der Waals surface area contributed by atoms with Gasteiger partial charge in [0.1, 0.15) is 30.2 Å². The van der Waals surface area contributed by atoms with Crippen LogP contribution < -0.4 is 5.73 Å². The van der Waals surface area contributed by atoms with Crippen LogP contribution in [0.25, 0.3) is 11.2 Å². The molecule has 2 aromatic heterocycles. The first-order valence-electron chi connectivity index (χ1n) is 14.5. The third-order valence-electron chi connectivity index (χ3n) is 9.84. The fourth-order valence-electron chi connectivity index (χ4n) is 3.93. The molecule has 0 radical (unpaired) electrons. The topological polar surface area (TPSA) is 107 Å². The lowest BCUT2D eigenvalue weighted by molar-refractivity contribution is -0.0470. The van der Waals surface area contributed by atoms with Gasteiger partial charge >= 0.3 is 0 Å². The molecule has 4 atom stereocenters. The second kappa shape index (κ2) is 10.8. The van der Waals surface area contributed by atoms with E-state index in [1.165, 1.54) is 6.33 Å². The Labute approximate surface area is 245 Å². The summed E-state index contributed by atoms with van der Waals surface area (Å²) in [7, 11) is -6.52. The van der Waals surface area contributed by atoms with E-state index in [1.807, 2.05) is 4.57 Å². The molecule has 2 aromatic rings. The average Bonchev–Trinajstić information content (AvgIpc) is 3.32. The van der Waals surface area contributed by atoms with E-state index in [-0.39, 0.29) is 33.4 Å². The first-order chi connectivity index (χ1) is 17.9. The van der Waals surface area contributed by atoms with Crippen LogP contribution in [-0.4, -0.2) is 69.4 Å². The highest BCUT2D eigenvalue weighted by molar-refractivity contribution is 6.75. The molecule has 40 heavy (non-hydrogen) atoms. The number of nitrogens with two attached hydrogens (primary N) is 1. The Hall–Kier alpha value is -1.16. The summed E-state index contributed by atoms with van der Waals surface area (Å²) in [6.07, 6.45) is 1.69. The highest BCUT2D eigenvalue weighted by atomic mass is 28.4. The maximum atomic E-state index is 7.22. The van der Waals surface area contributed by atoms with Gasteiger partial charge in [-0.25, -0.2) is 15.0 Å². The monoisotopic (exact) mass is 609 g/mol. The Morgan fingerprint density at radius 1 is 0.775 bits per heavy atom. The smallest absolute Gasteiger partial charge is 0.192 e. The molecule has 0 spiro atoms. The molecule has 12 heteroatoms. The highest BCUT2D eigenvalue weighted by Crippen LogP contribution is 2.47. The molecular weight excluding hydrogens is 555 g/mol. The molecule has 0 saturated carbocycles. The lowest BCUT2D eigenvalue weighted by Crippen LogP contribution is -2.54. The second-order valence-electron chi connectivity index (χ2n) is 15.9. The van der Waals surface area contributed by atoms with Crippen LogP contribution in [-0.2, 0) is 18.0 Å². The number of anilines is 1. The van der Waals surface area contributed by atoms with E-state index in [0.29, 0.717) is 23.6 Å². The van der Waals surface area contributed by atoms with E-state index >= 15 is 0 Å². The van der Waals surface area contributed by atoms with Gasteiger partial charge in [0, 0.05) is 0 Å². The van der Waals surface area contributed by atoms with Crippen LogP contribution in [0.1, 0.15) is 68.5 Å². The van der Waals surface area contributed by atoms with Gasteiger partial charge in [0.2, 0.25) is 0 Å². The summed E-state index contributed by atoms with van der Waals surface area (Å²) in [6.45, 7) is 34.4. The van der Waals surface area contributed by atoms with Crippen LogP contribution in [0.5, 0.6) is 0 Å². The van der Waals surface area contributed by atoms with Gasteiger partial charge in [-0.05, 0) is 54.4 Å². The Bertz CT molecular complexity index is 1180. The van der Waals surface area contributed by atoms with E-state index in [4.69, 9.17) is 23.7 Å². The van der Waals surface area contributed by atoms with Crippen molar-refractivity contribution in [1.82, 2.24) is 19.5 Å². The maximum absolute atomic E-state index is 7.22. The van der Waals surface area contributed by atoms with Crippen molar-refractivity contribution in [3.8, 4) is 0 Å². The molecule has 0 aromatic carbocycles. The Morgan fingerprint density at radius 2 is 1.27 bits per heavy atom. The molecule has 228 valence electrons. The van der Waals surface area contributed by atoms with Gasteiger partial charge in [-0.3, -0.25) is 4.57 Å². The summed E-state index contributed by atoms with van der Waals surface area (Å²) in [4.78, 5) is 13.2. The molecular formula is C28H55N5O4Si3. The Balaban J connectivity index is 2.15. The van der Waals surface area contributed by atoms with E-state index in [0.717, 1.165) is 0 Å². The average molecular weight is 610 g/mol. The maximum Gasteiger partial charge on any atom is 0.192 e. The molecule has 0 amide bonds. The van der Waals surface area contributed by atoms with Crippen LogP contribution in [0, 0.1) is 0 Å². The van der Waals surface area contributed by atoms with E-state index in [2.05, 4.69) is 117 Å². The molecule has 1 fully saturated rings. The van der Waals surface area contributed by atoms with Gasteiger partial charge in [-0.2, -0.15) is 0 Å². The van der Waals surface area contributed by atoms with Gasteiger partial charge in [0.15, 0.2) is 42.6 Å². The summed E-state index contributed by atoms with van der Waals surface area (Å²) in [6, 6.07) is 0. The third kappa shape index (κ3) is 6.57. The number of hydrogen-bond donors (Lipinski definition) is 1. The van der Waals surface area contributed by atoms with Gasteiger partial charge in [0.05, 0.1) is 12.9 Å². The van der Waals surface area contributed by atoms with Crippen molar-refractivity contribution in [2.75, 3.05) is 12.3 Å². The van der Waals surface area contributed by atoms with Crippen LogP contribution in [0.2, 0.25) is 54.4 Å². The third-order valence-corrected chi connectivity index (χ3v) is 23.3. The Kier molecular flexibility index (Phi) is 9.03. The number of aromatic nitrogens is 4. The molecule has 3 rings (SSSR count). The van der Waals surface area contributed by atoms with E-state index in [1.54, 1.807) is 6.33 Å². The normalized spacial score (nSPS) is 23.8. The predicted molar refractivity (Wildman–Crippen MR) is 171 cm³/mol. The molecule has 1 saturated heterocycles. The zero-order chi connectivity index (χ0) is 30.7. The van der Waals surface area contributed by atoms with Crippen molar-refractivity contribution in [2.45, 2.75) is 141 Å². The van der Waals surface area contributed by atoms with Crippen molar-refractivity contribution < 1.29 is 18.0 Å². The molecule has 0 aliphatic carbocycles. The zero-order valence-corrected chi connectivity index (χ0v) is 30.7. The standard InChI is InChI=1S/C28H55N5O4Si3/c1-26(2,3)38(10,11)34-16-19-21(36-39(12,13)27(4,5)6)22(37-40(14,15)28(7,8)9)25(35-19)33-18-32-20-23(29)30-17-31-24(20)33/h17-19,21-22,25H,16H2,1-15H3,(H2,29,30,31)/t19-,21+,22-,25-/m0/s1. The summed E-state index contributed by atoms with van der Waals surface area (Å²) in [5, 5.41) is 0.0893. The van der Waals surface area contributed by atoms with Gasteiger partial charge < -0.3 is 23.7 Å². The number of imidazole rings is 1. The van der Waals surface area contributed by atoms with Crippen LogP contribution >= 0.6 is 0 Å². The van der Waals surface area contributed by atoms with Crippen molar-refractivity contribution in [1.29, 1.82) is 0 Å². The van der Waals surface area contributed by atoms with Crippen molar-refractivity contribution in [3.05, 3.63) is 12.7 Å². The fraction of sp³-hybridized carbons (Fsp3) is 0.821.